The summed E-state index contributed by atoms with van der Waals surface area (Å²) in [6.45, 7) is 0.139. The Kier molecular flexibility index (Phi) is 7.01. The summed E-state index contributed by atoms with van der Waals surface area (Å²) in [5.41, 5.74) is 2.47. The number of carboxylic acids is 1. The molecule has 2 amide bonds. The van der Waals surface area contributed by atoms with Crippen LogP contribution < -0.4 is 5.32 Å². The van der Waals surface area contributed by atoms with Crippen molar-refractivity contribution in [3.05, 3.63) is 71.5 Å². The van der Waals surface area contributed by atoms with E-state index in [0.717, 1.165) is 48.8 Å². The molecule has 0 bridgehead atoms. The summed E-state index contributed by atoms with van der Waals surface area (Å²) < 4.78 is 0. The summed E-state index contributed by atoms with van der Waals surface area (Å²) in [6.07, 6.45) is 5.14. The molecule has 0 atom stereocenters. The fraction of sp³-hybridized carbons (Fsp3) is 0.370. The Bertz CT molecular complexity index is 1090. The highest BCUT2D eigenvalue weighted by atomic mass is 16.4. The van der Waals surface area contributed by atoms with E-state index in [1.807, 2.05) is 54.6 Å². The molecule has 178 valence electrons. The van der Waals surface area contributed by atoms with Crippen molar-refractivity contribution < 1.29 is 24.6 Å². The quantitative estimate of drug-likeness (QED) is 0.562. The average Bonchev–Trinajstić information content (AvgIpc) is 2.92. The second kappa shape index (κ2) is 10.1. The Hall–Kier alpha value is -3.61. The molecule has 7 heteroatoms. The fourth-order valence-electron chi connectivity index (χ4n) is 5.15. The van der Waals surface area contributed by atoms with Crippen LogP contribution in [0.5, 0.6) is 0 Å². The Morgan fingerprint density at radius 2 is 1.59 bits per heavy atom. The molecule has 2 aliphatic rings. The maximum absolute atomic E-state index is 13.5. The second-order valence-electron chi connectivity index (χ2n) is 9.36. The van der Waals surface area contributed by atoms with Crippen molar-refractivity contribution in [2.75, 3.05) is 13.1 Å². The largest absolute Gasteiger partial charge is 0.511 e. The number of allylic oxidation sites excluding steroid dienone is 1. The number of carbonyl (C=O) groups excluding carboxylic acids is 2. The number of hydrogen-bond acceptors (Lipinski definition) is 4. The molecule has 1 saturated carbocycles. The molecular weight excluding hydrogens is 432 g/mol. The first-order valence-corrected chi connectivity index (χ1v) is 11.7. The number of benzene rings is 2. The molecule has 0 aromatic heterocycles. The predicted octanol–water partition coefficient (Wildman–Crippen LogP) is 4.05. The number of carboxylic acid groups (broad SMARTS) is 1. The zero-order valence-electron chi connectivity index (χ0n) is 19.1. The molecule has 1 spiro atoms. The van der Waals surface area contributed by atoms with E-state index in [1.165, 1.54) is 0 Å². The number of aliphatic hydroxyl groups is 1. The zero-order valence-corrected chi connectivity index (χ0v) is 19.1. The van der Waals surface area contributed by atoms with Gasteiger partial charge in [0.2, 0.25) is 0 Å². The van der Waals surface area contributed by atoms with Gasteiger partial charge in [0, 0.05) is 19.5 Å². The van der Waals surface area contributed by atoms with Crippen LogP contribution in [0.15, 0.2) is 65.9 Å². The van der Waals surface area contributed by atoms with Crippen molar-refractivity contribution in [1.29, 1.82) is 0 Å². The number of carbonyl (C=O) groups is 3. The lowest BCUT2D eigenvalue weighted by atomic mass is 9.71. The summed E-state index contributed by atoms with van der Waals surface area (Å²) in [6, 6.07) is 18.0. The Balaban J connectivity index is 1.61. The molecule has 7 nitrogen and oxygen atoms in total. The van der Waals surface area contributed by atoms with Crippen LogP contribution in [0.25, 0.3) is 11.1 Å². The normalized spacial score (nSPS) is 18.0. The first kappa shape index (κ1) is 23.5. The van der Waals surface area contributed by atoms with Gasteiger partial charge in [-0.1, -0.05) is 73.9 Å². The van der Waals surface area contributed by atoms with E-state index in [0.29, 0.717) is 13.1 Å². The van der Waals surface area contributed by atoms with E-state index in [1.54, 1.807) is 4.90 Å². The van der Waals surface area contributed by atoms with E-state index in [-0.39, 0.29) is 23.2 Å². The van der Waals surface area contributed by atoms with Gasteiger partial charge in [-0.05, 0) is 34.9 Å². The van der Waals surface area contributed by atoms with Crippen molar-refractivity contribution in [2.45, 2.75) is 45.1 Å². The van der Waals surface area contributed by atoms with E-state index < -0.39 is 24.3 Å². The smallest absolute Gasteiger partial charge is 0.322 e. The molecule has 1 fully saturated rings. The van der Waals surface area contributed by atoms with Gasteiger partial charge in [0.15, 0.2) is 0 Å². The SMILES string of the molecule is O=C(O)CNC(=O)C1=C(O)CC2(CCCCC2)CN(Cc2ccc(-c3ccccc3)cc2)C1=O. The molecule has 0 saturated heterocycles. The lowest BCUT2D eigenvalue weighted by Crippen LogP contribution is -2.42. The second-order valence-corrected chi connectivity index (χ2v) is 9.36. The molecular formula is C27H30N2O5. The van der Waals surface area contributed by atoms with Crippen LogP contribution in [-0.2, 0) is 20.9 Å². The predicted molar refractivity (Wildman–Crippen MR) is 128 cm³/mol. The number of amides is 2. The molecule has 3 N–H and O–H groups in total. The van der Waals surface area contributed by atoms with Crippen molar-refractivity contribution in [3.8, 4) is 11.1 Å². The molecule has 34 heavy (non-hydrogen) atoms. The lowest BCUT2D eigenvalue weighted by molar-refractivity contribution is -0.138. The lowest BCUT2D eigenvalue weighted by Gasteiger charge is -2.39. The summed E-state index contributed by atoms with van der Waals surface area (Å²) in [5, 5.41) is 22.0. The number of aliphatic hydroxyl groups excluding tert-OH is 1. The standard InChI is InChI=1S/C27H30N2O5/c30-22-15-27(13-5-2-6-14-27)18-29(26(34)24(22)25(33)28-16-23(31)32)17-19-9-11-21(12-10-19)20-7-3-1-4-8-20/h1,3-4,7-12,30H,2,5-6,13-18H2,(H,28,33)(H,31,32). The maximum atomic E-state index is 13.5. The minimum Gasteiger partial charge on any atom is -0.511 e. The van der Waals surface area contributed by atoms with Gasteiger partial charge in [-0.15, -0.1) is 0 Å². The molecule has 2 aromatic rings. The van der Waals surface area contributed by atoms with Crippen LogP contribution in [0.1, 0.15) is 44.1 Å². The number of nitrogens with zero attached hydrogens (tertiary/aromatic N) is 1. The van der Waals surface area contributed by atoms with Crippen LogP contribution in [-0.4, -0.2) is 46.0 Å². The minimum absolute atomic E-state index is 0.239. The number of nitrogens with one attached hydrogen (secondary N) is 1. The van der Waals surface area contributed by atoms with Crippen molar-refractivity contribution in [3.63, 3.8) is 0 Å². The molecule has 0 radical (unpaired) electrons. The molecule has 4 rings (SSSR count). The van der Waals surface area contributed by atoms with E-state index >= 15 is 0 Å². The summed E-state index contributed by atoms with van der Waals surface area (Å²) in [7, 11) is 0. The first-order chi connectivity index (χ1) is 16.4. The van der Waals surface area contributed by atoms with Gasteiger partial charge in [-0.25, -0.2) is 0 Å². The third kappa shape index (κ3) is 5.30. The highest BCUT2D eigenvalue weighted by Crippen LogP contribution is 2.44. The van der Waals surface area contributed by atoms with Crippen molar-refractivity contribution in [2.24, 2.45) is 5.41 Å². The monoisotopic (exact) mass is 462 g/mol. The first-order valence-electron chi connectivity index (χ1n) is 11.7. The average molecular weight is 463 g/mol. The van der Waals surface area contributed by atoms with Crippen LogP contribution >= 0.6 is 0 Å². The third-order valence-electron chi connectivity index (χ3n) is 6.83. The topological polar surface area (TPSA) is 107 Å². The summed E-state index contributed by atoms with van der Waals surface area (Å²) >= 11 is 0. The van der Waals surface area contributed by atoms with Crippen molar-refractivity contribution in [1.82, 2.24) is 10.2 Å². The van der Waals surface area contributed by atoms with E-state index in [2.05, 4.69) is 5.32 Å². The maximum Gasteiger partial charge on any atom is 0.322 e. The summed E-state index contributed by atoms with van der Waals surface area (Å²) in [5.74, 6) is -2.86. The molecule has 1 heterocycles. The van der Waals surface area contributed by atoms with E-state index in [4.69, 9.17) is 5.11 Å². The van der Waals surface area contributed by atoms with Gasteiger partial charge >= 0.3 is 5.97 Å². The molecule has 1 aliphatic heterocycles. The Labute approximate surface area is 199 Å². The highest BCUT2D eigenvalue weighted by Gasteiger charge is 2.42. The molecule has 2 aromatic carbocycles. The van der Waals surface area contributed by atoms with Gasteiger partial charge < -0.3 is 20.4 Å². The third-order valence-corrected chi connectivity index (χ3v) is 6.83. The summed E-state index contributed by atoms with van der Waals surface area (Å²) in [4.78, 5) is 38.7. The number of hydrogen-bond donors (Lipinski definition) is 3. The molecule has 1 aliphatic carbocycles. The van der Waals surface area contributed by atoms with E-state index in [9.17, 15) is 19.5 Å². The molecule has 0 unspecified atom stereocenters. The van der Waals surface area contributed by atoms with Gasteiger partial charge in [-0.3, -0.25) is 14.4 Å². The number of rotatable bonds is 6. The van der Waals surface area contributed by atoms with Crippen LogP contribution in [0.4, 0.5) is 0 Å². The van der Waals surface area contributed by atoms with Gasteiger partial charge in [0.1, 0.15) is 17.9 Å². The zero-order chi connectivity index (χ0) is 24.1. The van der Waals surface area contributed by atoms with Crippen LogP contribution in [0.2, 0.25) is 0 Å². The van der Waals surface area contributed by atoms with Crippen LogP contribution in [0.3, 0.4) is 0 Å². The fourth-order valence-corrected chi connectivity index (χ4v) is 5.15. The minimum atomic E-state index is -1.21. The van der Waals surface area contributed by atoms with Crippen molar-refractivity contribution >= 4 is 17.8 Å². The van der Waals surface area contributed by atoms with Gasteiger partial charge in [0.25, 0.3) is 11.8 Å². The Morgan fingerprint density at radius 1 is 0.941 bits per heavy atom. The van der Waals surface area contributed by atoms with Gasteiger partial charge in [-0.2, -0.15) is 0 Å². The van der Waals surface area contributed by atoms with Gasteiger partial charge in [0.05, 0.1) is 0 Å². The van der Waals surface area contributed by atoms with Crippen LogP contribution in [0, 0.1) is 5.41 Å². The number of aliphatic carboxylic acids is 1. The Morgan fingerprint density at radius 3 is 2.24 bits per heavy atom. The highest BCUT2D eigenvalue weighted by molar-refractivity contribution is 6.19.